The number of benzene rings is 2. The van der Waals surface area contributed by atoms with Gasteiger partial charge in [-0.2, -0.15) is 0 Å². The van der Waals surface area contributed by atoms with Gasteiger partial charge in [0.1, 0.15) is 12.6 Å². The zero-order valence-electron chi connectivity index (χ0n) is 14.7. The van der Waals surface area contributed by atoms with Gasteiger partial charge in [-0.1, -0.05) is 30.3 Å². The Labute approximate surface area is 156 Å². The molecule has 2 aliphatic rings. The second kappa shape index (κ2) is 7.57. The van der Waals surface area contributed by atoms with Gasteiger partial charge < -0.3 is 19.5 Å². The molecule has 1 atom stereocenters. The van der Waals surface area contributed by atoms with E-state index in [-0.39, 0.29) is 19.3 Å². The summed E-state index contributed by atoms with van der Waals surface area (Å²) >= 11 is 0. The average molecular weight is 368 g/mol. The Hall–Kier alpha value is -3.22. The van der Waals surface area contributed by atoms with E-state index in [1.54, 1.807) is 18.2 Å². The summed E-state index contributed by atoms with van der Waals surface area (Å²) in [7, 11) is 0. The van der Waals surface area contributed by atoms with E-state index < -0.39 is 12.1 Å². The molecule has 2 aliphatic heterocycles. The first kappa shape index (κ1) is 17.2. The predicted octanol–water partition coefficient (Wildman–Crippen LogP) is 3.16. The van der Waals surface area contributed by atoms with Crippen LogP contribution in [0.1, 0.15) is 18.4 Å². The number of amides is 2. The Kier molecular flexibility index (Phi) is 4.82. The number of carbonyl (C=O) groups excluding carboxylic acids is 2. The summed E-state index contributed by atoms with van der Waals surface area (Å²) in [6.07, 6.45) is 0.901. The first-order valence-electron chi connectivity index (χ1n) is 8.88. The van der Waals surface area contributed by atoms with Gasteiger partial charge in [0, 0.05) is 18.3 Å². The summed E-state index contributed by atoms with van der Waals surface area (Å²) in [6.45, 7) is 0.871. The van der Waals surface area contributed by atoms with Crippen molar-refractivity contribution in [3.8, 4) is 11.5 Å². The molecule has 0 unspecified atom stereocenters. The van der Waals surface area contributed by atoms with Crippen LogP contribution in [0.2, 0.25) is 0 Å². The molecule has 0 aromatic heterocycles. The summed E-state index contributed by atoms with van der Waals surface area (Å²) in [5.41, 5.74) is 1.51. The lowest BCUT2D eigenvalue weighted by Crippen LogP contribution is -2.43. The number of nitrogens with zero attached hydrogens (tertiary/aromatic N) is 1. The van der Waals surface area contributed by atoms with Crippen LogP contribution in [0.3, 0.4) is 0 Å². The summed E-state index contributed by atoms with van der Waals surface area (Å²) in [6, 6.07) is 14.1. The number of fused-ring (bicyclic) bond motifs is 1. The summed E-state index contributed by atoms with van der Waals surface area (Å²) in [4.78, 5) is 26.6. The fourth-order valence-corrected chi connectivity index (χ4v) is 3.26. The molecule has 1 N–H and O–H groups in total. The van der Waals surface area contributed by atoms with Crippen LogP contribution in [0.5, 0.6) is 11.5 Å². The number of hydrogen-bond acceptors (Lipinski definition) is 5. The summed E-state index contributed by atoms with van der Waals surface area (Å²) in [5.74, 6) is 1.02. The molecular weight excluding hydrogens is 348 g/mol. The predicted molar refractivity (Wildman–Crippen MR) is 97.5 cm³/mol. The lowest BCUT2D eigenvalue weighted by Gasteiger charge is -2.23. The van der Waals surface area contributed by atoms with E-state index in [9.17, 15) is 9.59 Å². The molecule has 2 aromatic carbocycles. The van der Waals surface area contributed by atoms with Crippen molar-refractivity contribution in [3.05, 3.63) is 54.1 Å². The second-order valence-corrected chi connectivity index (χ2v) is 6.45. The van der Waals surface area contributed by atoms with Crippen LogP contribution in [0.15, 0.2) is 48.5 Å². The van der Waals surface area contributed by atoms with Crippen LogP contribution in [-0.4, -0.2) is 36.3 Å². The van der Waals surface area contributed by atoms with Crippen LogP contribution < -0.4 is 14.8 Å². The lowest BCUT2D eigenvalue weighted by atomic mass is 10.2. The quantitative estimate of drug-likeness (QED) is 0.897. The number of likely N-dealkylation sites (tertiary alicyclic amines) is 1. The lowest BCUT2D eigenvalue weighted by molar-refractivity contribution is -0.120. The fourth-order valence-electron chi connectivity index (χ4n) is 3.26. The maximum absolute atomic E-state index is 12.7. The minimum Gasteiger partial charge on any atom is -0.454 e. The van der Waals surface area contributed by atoms with Gasteiger partial charge in [0.25, 0.3) is 0 Å². The van der Waals surface area contributed by atoms with E-state index in [0.717, 1.165) is 12.0 Å². The third kappa shape index (κ3) is 3.81. The van der Waals surface area contributed by atoms with Crippen molar-refractivity contribution in [2.75, 3.05) is 18.7 Å². The molecule has 2 aromatic rings. The maximum Gasteiger partial charge on any atom is 0.410 e. The Morgan fingerprint density at radius 2 is 1.93 bits per heavy atom. The molecule has 7 heteroatoms. The highest BCUT2D eigenvalue weighted by atomic mass is 16.7. The van der Waals surface area contributed by atoms with Crippen LogP contribution >= 0.6 is 0 Å². The van der Waals surface area contributed by atoms with E-state index in [0.29, 0.717) is 30.2 Å². The van der Waals surface area contributed by atoms with Crippen molar-refractivity contribution in [1.82, 2.24) is 4.90 Å². The van der Waals surface area contributed by atoms with Crippen molar-refractivity contribution in [3.63, 3.8) is 0 Å². The first-order valence-corrected chi connectivity index (χ1v) is 8.88. The highest BCUT2D eigenvalue weighted by Gasteiger charge is 2.35. The standard InChI is InChI=1S/C20H20N2O5/c23-19(21-15-8-9-17-18(11-15)27-13-26-17)16-7-4-10-22(16)20(24)25-12-14-5-2-1-3-6-14/h1-3,5-6,8-9,11,16H,4,7,10,12-13H2,(H,21,23)/t16-/m0/s1. The van der Waals surface area contributed by atoms with Crippen molar-refractivity contribution >= 4 is 17.7 Å². The highest BCUT2D eigenvalue weighted by molar-refractivity contribution is 5.97. The van der Waals surface area contributed by atoms with E-state index in [1.165, 1.54) is 4.90 Å². The van der Waals surface area contributed by atoms with Crippen LogP contribution in [-0.2, 0) is 16.1 Å². The van der Waals surface area contributed by atoms with Gasteiger partial charge >= 0.3 is 6.09 Å². The smallest absolute Gasteiger partial charge is 0.410 e. The van der Waals surface area contributed by atoms with Gasteiger partial charge in [-0.15, -0.1) is 0 Å². The molecule has 4 rings (SSSR count). The van der Waals surface area contributed by atoms with Gasteiger partial charge in [-0.25, -0.2) is 4.79 Å². The van der Waals surface area contributed by atoms with E-state index in [2.05, 4.69) is 5.32 Å². The topological polar surface area (TPSA) is 77.1 Å². The number of carbonyl (C=O) groups is 2. The average Bonchev–Trinajstić information content (AvgIpc) is 3.36. The van der Waals surface area contributed by atoms with Crippen LogP contribution in [0.4, 0.5) is 10.5 Å². The third-order valence-corrected chi connectivity index (χ3v) is 4.64. The van der Waals surface area contributed by atoms with E-state index in [4.69, 9.17) is 14.2 Å². The molecular formula is C20H20N2O5. The normalized spacial score (nSPS) is 17.6. The highest BCUT2D eigenvalue weighted by Crippen LogP contribution is 2.34. The Bertz CT molecular complexity index is 840. The molecule has 0 bridgehead atoms. The van der Waals surface area contributed by atoms with E-state index >= 15 is 0 Å². The maximum atomic E-state index is 12.7. The fraction of sp³-hybridized carbons (Fsp3) is 0.300. The molecule has 27 heavy (non-hydrogen) atoms. The Morgan fingerprint density at radius 3 is 2.78 bits per heavy atom. The van der Waals surface area contributed by atoms with Crippen molar-refractivity contribution < 1.29 is 23.8 Å². The number of hydrogen-bond donors (Lipinski definition) is 1. The van der Waals surface area contributed by atoms with E-state index in [1.807, 2.05) is 30.3 Å². The van der Waals surface area contributed by atoms with Gasteiger partial charge in [-0.3, -0.25) is 9.69 Å². The molecule has 2 amide bonds. The monoisotopic (exact) mass is 368 g/mol. The number of ether oxygens (including phenoxy) is 3. The first-order chi connectivity index (χ1) is 13.2. The molecule has 0 saturated carbocycles. The number of rotatable bonds is 4. The zero-order chi connectivity index (χ0) is 18.6. The molecule has 0 radical (unpaired) electrons. The van der Waals surface area contributed by atoms with Crippen molar-refractivity contribution in [2.45, 2.75) is 25.5 Å². The summed E-state index contributed by atoms with van der Waals surface area (Å²) < 4.78 is 16.0. The third-order valence-electron chi connectivity index (χ3n) is 4.64. The molecule has 7 nitrogen and oxygen atoms in total. The number of anilines is 1. The molecule has 2 heterocycles. The Balaban J connectivity index is 1.37. The SMILES string of the molecule is O=C(Nc1ccc2c(c1)OCO2)[C@@H]1CCCN1C(=O)OCc1ccccc1. The van der Waals surface area contributed by atoms with Gasteiger partial charge in [0.15, 0.2) is 11.5 Å². The minimum atomic E-state index is -0.543. The summed E-state index contributed by atoms with van der Waals surface area (Å²) in [5, 5.41) is 2.85. The van der Waals surface area contributed by atoms with Gasteiger partial charge in [-0.05, 0) is 30.5 Å². The minimum absolute atomic E-state index is 0.177. The Morgan fingerprint density at radius 1 is 1.11 bits per heavy atom. The molecule has 0 spiro atoms. The molecule has 1 saturated heterocycles. The molecule has 0 aliphatic carbocycles. The van der Waals surface area contributed by atoms with Crippen LogP contribution in [0.25, 0.3) is 0 Å². The van der Waals surface area contributed by atoms with Gasteiger partial charge in [0.2, 0.25) is 12.7 Å². The second-order valence-electron chi connectivity index (χ2n) is 6.45. The van der Waals surface area contributed by atoms with Crippen molar-refractivity contribution in [1.29, 1.82) is 0 Å². The molecule has 140 valence electrons. The molecule has 1 fully saturated rings. The van der Waals surface area contributed by atoms with Crippen molar-refractivity contribution in [2.24, 2.45) is 0 Å². The largest absolute Gasteiger partial charge is 0.454 e. The van der Waals surface area contributed by atoms with Crippen LogP contribution in [0, 0.1) is 0 Å². The zero-order valence-corrected chi connectivity index (χ0v) is 14.7. The number of nitrogens with one attached hydrogen (secondary N) is 1. The van der Waals surface area contributed by atoms with Gasteiger partial charge in [0.05, 0.1) is 0 Å².